The zero-order chi connectivity index (χ0) is 16.6. The smallest absolute Gasteiger partial charge is 0.163 e. The summed E-state index contributed by atoms with van der Waals surface area (Å²) in [4.78, 5) is 18.1. The summed E-state index contributed by atoms with van der Waals surface area (Å²) in [7, 11) is 2.10. The minimum absolute atomic E-state index is 0.380. The van der Waals surface area contributed by atoms with Crippen LogP contribution in [0.5, 0.6) is 0 Å². The van der Waals surface area contributed by atoms with Crippen molar-refractivity contribution in [1.82, 2.24) is 15.0 Å². The molecule has 122 valence electrons. The van der Waals surface area contributed by atoms with E-state index < -0.39 is 0 Å². The number of anilines is 3. The summed E-state index contributed by atoms with van der Waals surface area (Å²) in [6, 6.07) is 2.69. The van der Waals surface area contributed by atoms with E-state index in [1.165, 1.54) is 0 Å². The summed E-state index contributed by atoms with van der Waals surface area (Å²) in [5.74, 6) is 1.64. The van der Waals surface area contributed by atoms with Crippen molar-refractivity contribution in [2.24, 2.45) is 0 Å². The first-order chi connectivity index (χ1) is 11.0. The van der Waals surface area contributed by atoms with Gasteiger partial charge in [0.05, 0.1) is 23.8 Å². The van der Waals surface area contributed by atoms with Gasteiger partial charge in [-0.05, 0) is 26.3 Å². The predicted molar refractivity (Wildman–Crippen MR) is 94.6 cm³/mol. The van der Waals surface area contributed by atoms with Crippen LogP contribution in [0.15, 0.2) is 24.7 Å². The van der Waals surface area contributed by atoms with Gasteiger partial charge in [0.1, 0.15) is 0 Å². The van der Waals surface area contributed by atoms with Crippen molar-refractivity contribution in [1.29, 1.82) is 0 Å². The average Bonchev–Trinajstić information content (AvgIpc) is 2.54. The number of likely N-dealkylation sites (N-methyl/N-ethyl adjacent to an activating group) is 1. The first-order valence-corrected chi connectivity index (χ1v) is 8.09. The topological polar surface area (TPSA) is 71.2 Å². The molecule has 6 nitrogen and oxygen atoms in total. The monoisotopic (exact) mass is 312 g/mol. The lowest BCUT2D eigenvalue weighted by molar-refractivity contribution is 0.505. The van der Waals surface area contributed by atoms with Crippen molar-refractivity contribution in [3.8, 4) is 11.4 Å². The van der Waals surface area contributed by atoms with Crippen LogP contribution >= 0.6 is 0 Å². The summed E-state index contributed by atoms with van der Waals surface area (Å²) in [6.45, 7) is 7.63. The van der Waals surface area contributed by atoms with Crippen molar-refractivity contribution in [3.63, 3.8) is 0 Å². The molecule has 3 heterocycles. The van der Waals surface area contributed by atoms with Crippen molar-refractivity contribution in [2.45, 2.75) is 39.3 Å². The van der Waals surface area contributed by atoms with E-state index in [1.807, 2.05) is 12.3 Å². The molecular formula is C17H24N6. The van der Waals surface area contributed by atoms with Crippen LogP contribution in [0.2, 0.25) is 0 Å². The number of aromatic nitrogens is 3. The van der Waals surface area contributed by atoms with Gasteiger partial charge in [-0.25, -0.2) is 9.97 Å². The highest BCUT2D eigenvalue weighted by Crippen LogP contribution is 2.36. The second-order valence-corrected chi connectivity index (χ2v) is 6.31. The Kier molecular flexibility index (Phi) is 4.07. The average molecular weight is 312 g/mol. The molecule has 0 aromatic carbocycles. The third-order valence-electron chi connectivity index (χ3n) is 4.40. The standard InChI is InChI=1S/C17H24N6/c1-5-12-10-22(4)15-9-20-16(13-6-7-19-8-14(13)18)21-17(15)23(12)11(2)3/h6-9,11-12H,5,10,18H2,1-4H3. The number of fused-ring (bicyclic) bond motifs is 1. The lowest BCUT2D eigenvalue weighted by atomic mass is 10.1. The van der Waals surface area contributed by atoms with Gasteiger partial charge in [-0.2, -0.15) is 0 Å². The molecule has 0 fully saturated rings. The summed E-state index contributed by atoms with van der Waals surface area (Å²) in [5, 5.41) is 0. The molecule has 0 amide bonds. The molecule has 1 aliphatic heterocycles. The summed E-state index contributed by atoms with van der Waals surface area (Å²) >= 11 is 0. The summed E-state index contributed by atoms with van der Waals surface area (Å²) in [6.07, 6.45) is 6.34. The first kappa shape index (κ1) is 15.5. The Bertz CT molecular complexity index is 699. The lowest BCUT2D eigenvalue weighted by Gasteiger charge is -2.44. The fourth-order valence-corrected chi connectivity index (χ4v) is 3.23. The molecule has 2 aromatic heterocycles. The Balaban J connectivity index is 2.13. The van der Waals surface area contributed by atoms with Crippen molar-refractivity contribution < 1.29 is 0 Å². The number of pyridine rings is 1. The number of nitrogens with two attached hydrogens (primary N) is 1. The van der Waals surface area contributed by atoms with Crippen LogP contribution < -0.4 is 15.5 Å². The maximum Gasteiger partial charge on any atom is 0.163 e. The Labute approximate surface area is 137 Å². The molecule has 0 bridgehead atoms. The normalized spacial score (nSPS) is 17.5. The van der Waals surface area contributed by atoms with Gasteiger partial charge in [-0.15, -0.1) is 0 Å². The summed E-state index contributed by atoms with van der Waals surface area (Å²) < 4.78 is 0. The highest BCUT2D eigenvalue weighted by atomic mass is 15.3. The molecule has 1 atom stereocenters. The molecule has 6 heteroatoms. The van der Waals surface area contributed by atoms with Gasteiger partial charge in [0.25, 0.3) is 0 Å². The zero-order valence-electron chi connectivity index (χ0n) is 14.2. The van der Waals surface area contributed by atoms with E-state index in [0.29, 0.717) is 23.6 Å². The number of nitrogens with zero attached hydrogens (tertiary/aromatic N) is 5. The van der Waals surface area contributed by atoms with Gasteiger partial charge < -0.3 is 15.5 Å². The van der Waals surface area contributed by atoms with E-state index in [0.717, 1.165) is 30.0 Å². The van der Waals surface area contributed by atoms with E-state index in [4.69, 9.17) is 10.7 Å². The van der Waals surface area contributed by atoms with E-state index in [2.05, 4.69) is 47.6 Å². The van der Waals surface area contributed by atoms with Gasteiger partial charge in [-0.3, -0.25) is 4.98 Å². The second-order valence-electron chi connectivity index (χ2n) is 6.31. The van der Waals surface area contributed by atoms with Gasteiger partial charge in [0.2, 0.25) is 0 Å². The molecule has 1 aliphatic rings. The van der Waals surface area contributed by atoms with Gasteiger partial charge in [-0.1, -0.05) is 6.92 Å². The number of hydrogen-bond donors (Lipinski definition) is 1. The third-order valence-corrected chi connectivity index (χ3v) is 4.40. The Morgan fingerprint density at radius 3 is 2.78 bits per heavy atom. The number of rotatable bonds is 3. The first-order valence-electron chi connectivity index (χ1n) is 8.09. The molecule has 0 aliphatic carbocycles. The highest BCUT2D eigenvalue weighted by molar-refractivity contribution is 5.76. The molecule has 23 heavy (non-hydrogen) atoms. The van der Waals surface area contributed by atoms with E-state index in [9.17, 15) is 0 Å². The summed E-state index contributed by atoms with van der Waals surface area (Å²) in [5.41, 5.74) is 8.53. The van der Waals surface area contributed by atoms with Crippen LogP contribution in [0.4, 0.5) is 17.2 Å². The minimum Gasteiger partial charge on any atom is -0.397 e. The van der Waals surface area contributed by atoms with Crippen LogP contribution in [-0.2, 0) is 0 Å². The van der Waals surface area contributed by atoms with Crippen molar-refractivity contribution >= 4 is 17.2 Å². The highest BCUT2D eigenvalue weighted by Gasteiger charge is 2.31. The molecule has 1 unspecified atom stereocenters. The van der Waals surface area contributed by atoms with E-state index in [-0.39, 0.29) is 0 Å². The second kappa shape index (κ2) is 6.02. The molecule has 0 saturated carbocycles. The predicted octanol–water partition coefficient (Wildman–Crippen LogP) is 2.56. The fraction of sp³-hybridized carbons (Fsp3) is 0.471. The van der Waals surface area contributed by atoms with Crippen LogP contribution in [0.3, 0.4) is 0 Å². The Hall–Kier alpha value is -2.37. The molecule has 0 radical (unpaired) electrons. The van der Waals surface area contributed by atoms with Crippen LogP contribution in [0.1, 0.15) is 27.2 Å². The maximum absolute atomic E-state index is 6.04. The third kappa shape index (κ3) is 2.69. The van der Waals surface area contributed by atoms with Gasteiger partial charge in [0, 0.05) is 37.4 Å². The molecule has 0 saturated heterocycles. The Morgan fingerprint density at radius 1 is 1.35 bits per heavy atom. The Morgan fingerprint density at radius 2 is 2.13 bits per heavy atom. The maximum atomic E-state index is 6.04. The zero-order valence-corrected chi connectivity index (χ0v) is 14.2. The van der Waals surface area contributed by atoms with Crippen LogP contribution in [0, 0.1) is 0 Å². The minimum atomic E-state index is 0.380. The van der Waals surface area contributed by atoms with E-state index in [1.54, 1.807) is 12.4 Å². The molecule has 0 spiro atoms. The number of hydrogen-bond acceptors (Lipinski definition) is 6. The molecule has 2 N–H and O–H groups in total. The van der Waals surface area contributed by atoms with Crippen molar-refractivity contribution in [2.75, 3.05) is 29.1 Å². The molecular weight excluding hydrogens is 288 g/mol. The van der Waals surface area contributed by atoms with Crippen LogP contribution in [-0.4, -0.2) is 40.6 Å². The molecule has 3 rings (SSSR count). The van der Waals surface area contributed by atoms with Gasteiger partial charge >= 0.3 is 0 Å². The van der Waals surface area contributed by atoms with E-state index >= 15 is 0 Å². The lowest BCUT2D eigenvalue weighted by Crippen LogP contribution is -2.51. The quantitative estimate of drug-likeness (QED) is 0.939. The largest absolute Gasteiger partial charge is 0.397 e. The fourth-order valence-electron chi connectivity index (χ4n) is 3.23. The SMILES string of the molecule is CCC1CN(C)c2cnc(-c3ccncc3N)nc2N1C(C)C. The number of nitrogen functional groups attached to an aromatic ring is 1. The van der Waals surface area contributed by atoms with Gasteiger partial charge in [0.15, 0.2) is 11.6 Å². The van der Waals surface area contributed by atoms with Crippen LogP contribution in [0.25, 0.3) is 11.4 Å². The van der Waals surface area contributed by atoms with Crippen molar-refractivity contribution in [3.05, 3.63) is 24.7 Å². The molecule has 2 aromatic rings.